The maximum absolute atomic E-state index is 12.4. The molecule has 98 valence electrons. The average molecular weight is 240 g/mol. The Morgan fingerprint density at radius 1 is 1.29 bits per heavy atom. The van der Waals surface area contributed by atoms with Crippen molar-refractivity contribution in [3.63, 3.8) is 0 Å². The number of Topliss-reactive ketones (excluding diaryl/α,β-unsaturated/α-hetero) is 1. The molecule has 0 bridgehead atoms. The van der Waals surface area contributed by atoms with Crippen molar-refractivity contribution in [2.75, 3.05) is 19.8 Å². The van der Waals surface area contributed by atoms with Crippen LogP contribution >= 0.6 is 0 Å². The Morgan fingerprint density at radius 2 is 2.06 bits per heavy atom. The van der Waals surface area contributed by atoms with Gasteiger partial charge in [0.25, 0.3) is 0 Å². The molecule has 2 unspecified atom stereocenters. The quantitative estimate of drug-likeness (QED) is 0.741. The summed E-state index contributed by atoms with van der Waals surface area (Å²) >= 11 is 0. The highest BCUT2D eigenvalue weighted by atomic mass is 16.5. The van der Waals surface area contributed by atoms with Crippen LogP contribution in [0.4, 0.5) is 0 Å². The Balaban J connectivity index is 1.96. The highest BCUT2D eigenvalue weighted by Crippen LogP contribution is 2.30. The fourth-order valence-corrected chi connectivity index (χ4v) is 3.06. The molecule has 1 saturated heterocycles. The largest absolute Gasteiger partial charge is 0.381 e. The molecule has 0 aromatic heterocycles. The summed E-state index contributed by atoms with van der Waals surface area (Å²) in [4.78, 5) is 12.4. The normalized spacial score (nSPS) is 28.2. The minimum atomic E-state index is -0.160. The molecule has 2 rings (SSSR count). The summed E-state index contributed by atoms with van der Waals surface area (Å²) in [6.07, 6.45) is 6.86. The van der Waals surface area contributed by atoms with Crippen molar-refractivity contribution in [2.24, 2.45) is 11.8 Å². The Labute approximate surface area is 104 Å². The predicted molar refractivity (Wildman–Crippen MR) is 65.9 cm³/mol. The molecule has 1 saturated carbocycles. The van der Waals surface area contributed by atoms with Crippen LogP contribution in [0.1, 0.15) is 45.4 Å². The number of carbonyl (C=O) groups excluding carboxylic acids is 1. The molecule has 17 heavy (non-hydrogen) atoms. The molecule has 1 aliphatic heterocycles. The predicted octanol–water partition coefficient (Wildman–Crippen LogP) is 2.58. The van der Waals surface area contributed by atoms with Gasteiger partial charge in [-0.3, -0.25) is 4.79 Å². The molecule has 0 radical (unpaired) electrons. The van der Waals surface area contributed by atoms with E-state index in [1.807, 2.05) is 6.92 Å². The molecule has 3 heteroatoms. The summed E-state index contributed by atoms with van der Waals surface area (Å²) < 4.78 is 11.1. The first kappa shape index (κ1) is 13.0. The first-order chi connectivity index (χ1) is 8.33. The molecular formula is C14H24O3. The minimum Gasteiger partial charge on any atom is -0.381 e. The maximum atomic E-state index is 12.4. The van der Waals surface area contributed by atoms with Crippen molar-refractivity contribution in [3.8, 4) is 0 Å². The standard InChI is InChI=1S/C14H24O3/c1-2-17-14(11-6-4-3-5-7-11)13(15)12-8-9-16-10-12/h11-12,14H,2-10H2,1H3. The van der Waals surface area contributed by atoms with Gasteiger partial charge in [-0.1, -0.05) is 19.3 Å². The lowest BCUT2D eigenvalue weighted by atomic mass is 9.81. The van der Waals surface area contributed by atoms with Crippen LogP contribution in [0.5, 0.6) is 0 Å². The highest BCUT2D eigenvalue weighted by molar-refractivity contribution is 5.86. The first-order valence-corrected chi connectivity index (χ1v) is 7.06. The molecule has 0 amide bonds. The molecule has 0 aromatic carbocycles. The van der Waals surface area contributed by atoms with Gasteiger partial charge in [-0.15, -0.1) is 0 Å². The van der Waals surface area contributed by atoms with E-state index in [2.05, 4.69) is 0 Å². The molecule has 2 aliphatic rings. The van der Waals surface area contributed by atoms with E-state index in [-0.39, 0.29) is 12.0 Å². The zero-order valence-electron chi connectivity index (χ0n) is 10.8. The molecule has 3 nitrogen and oxygen atoms in total. The van der Waals surface area contributed by atoms with Crippen LogP contribution < -0.4 is 0 Å². The lowest BCUT2D eigenvalue weighted by Gasteiger charge is -2.30. The monoisotopic (exact) mass is 240 g/mol. The van der Waals surface area contributed by atoms with E-state index >= 15 is 0 Å². The first-order valence-electron chi connectivity index (χ1n) is 7.06. The summed E-state index contributed by atoms with van der Waals surface area (Å²) in [5.74, 6) is 0.849. The molecular weight excluding hydrogens is 216 g/mol. The van der Waals surface area contributed by atoms with E-state index in [1.54, 1.807) is 0 Å². The van der Waals surface area contributed by atoms with Crippen molar-refractivity contribution < 1.29 is 14.3 Å². The van der Waals surface area contributed by atoms with Crippen molar-refractivity contribution in [1.82, 2.24) is 0 Å². The Kier molecular flexibility index (Phi) is 4.99. The van der Waals surface area contributed by atoms with Gasteiger partial charge in [0, 0.05) is 19.1 Å². The second kappa shape index (κ2) is 6.50. The molecule has 2 atom stereocenters. The molecule has 1 heterocycles. The zero-order valence-corrected chi connectivity index (χ0v) is 10.8. The van der Waals surface area contributed by atoms with Crippen LogP contribution in [0.2, 0.25) is 0 Å². The van der Waals surface area contributed by atoms with E-state index in [4.69, 9.17) is 9.47 Å². The smallest absolute Gasteiger partial charge is 0.167 e. The number of ether oxygens (including phenoxy) is 2. The summed E-state index contributed by atoms with van der Waals surface area (Å²) in [6, 6.07) is 0. The van der Waals surface area contributed by atoms with Gasteiger partial charge in [-0.25, -0.2) is 0 Å². The van der Waals surface area contributed by atoms with E-state index < -0.39 is 0 Å². The molecule has 0 aromatic rings. The van der Waals surface area contributed by atoms with Gasteiger partial charge >= 0.3 is 0 Å². The second-order valence-electron chi connectivity index (χ2n) is 5.24. The van der Waals surface area contributed by atoms with Crippen LogP contribution in [0.25, 0.3) is 0 Å². The lowest BCUT2D eigenvalue weighted by molar-refractivity contribution is -0.139. The van der Waals surface area contributed by atoms with Crippen molar-refractivity contribution >= 4 is 5.78 Å². The van der Waals surface area contributed by atoms with Gasteiger partial charge in [-0.05, 0) is 32.1 Å². The number of rotatable bonds is 5. The maximum Gasteiger partial charge on any atom is 0.167 e. The van der Waals surface area contributed by atoms with Crippen molar-refractivity contribution in [2.45, 2.75) is 51.6 Å². The van der Waals surface area contributed by atoms with Gasteiger partial charge in [0.15, 0.2) is 5.78 Å². The van der Waals surface area contributed by atoms with E-state index in [0.717, 1.165) is 25.9 Å². The van der Waals surface area contributed by atoms with Crippen LogP contribution in [0.15, 0.2) is 0 Å². The van der Waals surface area contributed by atoms with Crippen LogP contribution in [-0.2, 0) is 14.3 Å². The Morgan fingerprint density at radius 3 is 2.65 bits per heavy atom. The van der Waals surface area contributed by atoms with E-state index in [0.29, 0.717) is 24.9 Å². The van der Waals surface area contributed by atoms with Gasteiger partial charge in [0.2, 0.25) is 0 Å². The third-order valence-corrected chi connectivity index (χ3v) is 4.04. The van der Waals surface area contributed by atoms with Gasteiger partial charge in [0.1, 0.15) is 6.10 Å². The lowest BCUT2D eigenvalue weighted by Crippen LogP contribution is -2.38. The topological polar surface area (TPSA) is 35.5 Å². The number of ketones is 1. The van der Waals surface area contributed by atoms with Gasteiger partial charge in [-0.2, -0.15) is 0 Å². The van der Waals surface area contributed by atoms with E-state index in [9.17, 15) is 4.79 Å². The SMILES string of the molecule is CCOC(C(=O)C1CCOC1)C1CCCCC1. The van der Waals surface area contributed by atoms with Crippen molar-refractivity contribution in [3.05, 3.63) is 0 Å². The number of hydrogen-bond acceptors (Lipinski definition) is 3. The van der Waals surface area contributed by atoms with Crippen LogP contribution in [0, 0.1) is 11.8 Å². The summed E-state index contributed by atoms with van der Waals surface area (Å²) in [5, 5.41) is 0. The molecule has 1 aliphatic carbocycles. The summed E-state index contributed by atoms with van der Waals surface area (Å²) in [6.45, 7) is 3.96. The van der Waals surface area contributed by atoms with Crippen molar-refractivity contribution in [1.29, 1.82) is 0 Å². The molecule has 0 N–H and O–H groups in total. The van der Waals surface area contributed by atoms with Gasteiger partial charge in [0.05, 0.1) is 6.61 Å². The Hall–Kier alpha value is -0.410. The minimum absolute atomic E-state index is 0.0912. The number of hydrogen-bond donors (Lipinski definition) is 0. The van der Waals surface area contributed by atoms with Gasteiger partial charge < -0.3 is 9.47 Å². The Bertz CT molecular complexity index is 240. The average Bonchev–Trinajstić information content (AvgIpc) is 2.90. The fraction of sp³-hybridized carbons (Fsp3) is 0.929. The van der Waals surface area contributed by atoms with Crippen LogP contribution in [0.3, 0.4) is 0 Å². The third-order valence-electron chi connectivity index (χ3n) is 4.04. The van der Waals surface area contributed by atoms with E-state index in [1.165, 1.54) is 19.3 Å². The number of carbonyl (C=O) groups is 1. The highest BCUT2D eigenvalue weighted by Gasteiger charge is 2.35. The summed E-state index contributed by atoms with van der Waals surface area (Å²) in [7, 11) is 0. The van der Waals surface area contributed by atoms with Crippen LogP contribution in [-0.4, -0.2) is 31.7 Å². The molecule has 0 spiro atoms. The molecule has 2 fully saturated rings. The second-order valence-corrected chi connectivity index (χ2v) is 5.24. The zero-order chi connectivity index (χ0) is 12.1. The fourth-order valence-electron chi connectivity index (χ4n) is 3.06. The third kappa shape index (κ3) is 3.29. The summed E-state index contributed by atoms with van der Waals surface area (Å²) in [5.41, 5.74) is 0.